The van der Waals surface area contributed by atoms with Crippen molar-refractivity contribution in [2.24, 2.45) is 5.73 Å². The number of nitrogens with zero attached hydrogens (tertiary/aromatic N) is 1. The number of nitrogens with two attached hydrogens (primary N) is 1. The standard InChI is InChI=1S/C9H17N3O/c1-3-8(13-4-2)9-11-6-7(5-10)12-9/h6,8H,3-5,10H2,1-2H3,(H,11,12). The SMILES string of the molecule is CCOC(CC)c1ncc(CN)[nH]1. The number of H-pyrrole nitrogens is 1. The number of hydrogen-bond donors (Lipinski definition) is 2. The van der Waals surface area contributed by atoms with Gasteiger partial charge in [-0.1, -0.05) is 6.92 Å². The molecule has 1 rings (SSSR count). The maximum absolute atomic E-state index is 5.50. The first-order chi connectivity index (χ1) is 6.31. The molecular weight excluding hydrogens is 166 g/mol. The molecular formula is C9H17N3O. The normalized spacial score (nSPS) is 13.2. The Morgan fingerprint density at radius 1 is 1.62 bits per heavy atom. The molecule has 4 heteroatoms. The molecule has 1 unspecified atom stereocenters. The van der Waals surface area contributed by atoms with E-state index in [9.17, 15) is 0 Å². The summed E-state index contributed by atoms with van der Waals surface area (Å²) in [5.74, 6) is 0.879. The summed E-state index contributed by atoms with van der Waals surface area (Å²) in [4.78, 5) is 7.35. The van der Waals surface area contributed by atoms with Crippen molar-refractivity contribution >= 4 is 0 Å². The van der Waals surface area contributed by atoms with Crippen molar-refractivity contribution in [3.8, 4) is 0 Å². The third-order valence-corrected chi connectivity index (χ3v) is 1.91. The second-order valence-electron chi connectivity index (χ2n) is 2.85. The first-order valence-corrected chi connectivity index (χ1v) is 4.67. The number of rotatable bonds is 5. The van der Waals surface area contributed by atoms with Crippen molar-refractivity contribution in [3.05, 3.63) is 17.7 Å². The van der Waals surface area contributed by atoms with Gasteiger partial charge in [0.2, 0.25) is 0 Å². The monoisotopic (exact) mass is 183 g/mol. The summed E-state index contributed by atoms with van der Waals surface area (Å²) < 4.78 is 5.50. The molecule has 0 fully saturated rings. The Kier molecular flexibility index (Phi) is 3.92. The highest BCUT2D eigenvalue weighted by Crippen LogP contribution is 2.17. The molecule has 0 amide bonds. The first-order valence-electron chi connectivity index (χ1n) is 4.67. The van der Waals surface area contributed by atoms with E-state index >= 15 is 0 Å². The quantitative estimate of drug-likeness (QED) is 0.724. The summed E-state index contributed by atoms with van der Waals surface area (Å²) >= 11 is 0. The number of imidazole rings is 1. The summed E-state index contributed by atoms with van der Waals surface area (Å²) in [5, 5.41) is 0. The lowest BCUT2D eigenvalue weighted by Gasteiger charge is -2.11. The molecule has 0 radical (unpaired) electrons. The number of hydrogen-bond acceptors (Lipinski definition) is 3. The second-order valence-corrected chi connectivity index (χ2v) is 2.85. The van der Waals surface area contributed by atoms with Gasteiger partial charge in [0, 0.05) is 25.0 Å². The van der Waals surface area contributed by atoms with E-state index in [0.29, 0.717) is 13.2 Å². The van der Waals surface area contributed by atoms with Gasteiger partial charge in [-0.3, -0.25) is 0 Å². The molecule has 0 aliphatic heterocycles. The Morgan fingerprint density at radius 2 is 2.38 bits per heavy atom. The highest BCUT2D eigenvalue weighted by molar-refractivity contribution is 5.02. The van der Waals surface area contributed by atoms with Gasteiger partial charge < -0.3 is 15.5 Å². The minimum atomic E-state index is 0.0744. The zero-order chi connectivity index (χ0) is 9.68. The van der Waals surface area contributed by atoms with E-state index in [0.717, 1.165) is 17.9 Å². The molecule has 0 aliphatic rings. The van der Waals surface area contributed by atoms with E-state index in [2.05, 4.69) is 16.9 Å². The average molecular weight is 183 g/mol. The van der Waals surface area contributed by atoms with Crippen molar-refractivity contribution in [1.29, 1.82) is 0 Å². The van der Waals surface area contributed by atoms with Crippen LogP contribution < -0.4 is 5.73 Å². The van der Waals surface area contributed by atoms with Crippen LogP contribution in [0.5, 0.6) is 0 Å². The molecule has 0 aromatic carbocycles. The van der Waals surface area contributed by atoms with Crippen LogP contribution in [0.15, 0.2) is 6.20 Å². The molecule has 1 aromatic rings. The third-order valence-electron chi connectivity index (χ3n) is 1.91. The molecule has 0 aliphatic carbocycles. The Hall–Kier alpha value is -0.870. The summed E-state index contributed by atoms with van der Waals surface area (Å²) in [6.45, 7) is 5.26. The number of ether oxygens (including phenoxy) is 1. The van der Waals surface area contributed by atoms with Crippen LogP contribution >= 0.6 is 0 Å². The van der Waals surface area contributed by atoms with Gasteiger partial charge in [0.05, 0.1) is 0 Å². The fourth-order valence-corrected chi connectivity index (χ4v) is 1.24. The van der Waals surface area contributed by atoms with Gasteiger partial charge in [-0.15, -0.1) is 0 Å². The van der Waals surface area contributed by atoms with Gasteiger partial charge in [0.15, 0.2) is 0 Å². The highest BCUT2D eigenvalue weighted by atomic mass is 16.5. The number of nitrogens with one attached hydrogen (secondary N) is 1. The van der Waals surface area contributed by atoms with Gasteiger partial charge in [0.25, 0.3) is 0 Å². The van der Waals surface area contributed by atoms with Gasteiger partial charge in [-0.25, -0.2) is 4.98 Å². The van der Waals surface area contributed by atoms with Crippen LogP contribution in [0.25, 0.3) is 0 Å². The predicted molar refractivity (Wildman–Crippen MR) is 51.1 cm³/mol. The lowest BCUT2D eigenvalue weighted by atomic mass is 10.2. The van der Waals surface area contributed by atoms with Gasteiger partial charge in [0.1, 0.15) is 11.9 Å². The van der Waals surface area contributed by atoms with Gasteiger partial charge in [-0.2, -0.15) is 0 Å². The van der Waals surface area contributed by atoms with Crippen molar-refractivity contribution in [1.82, 2.24) is 9.97 Å². The Labute approximate surface area is 78.5 Å². The molecule has 1 aromatic heterocycles. The van der Waals surface area contributed by atoms with Crippen LogP contribution in [0.3, 0.4) is 0 Å². The Bertz CT molecular complexity index is 247. The minimum Gasteiger partial charge on any atom is -0.371 e. The van der Waals surface area contributed by atoms with Crippen LogP contribution in [0.2, 0.25) is 0 Å². The van der Waals surface area contributed by atoms with Crippen LogP contribution in [-0.4, -0.2) is 16.6 Å². The molecule has 1 heterocycles. The van der Waals surface area contributed by atoms with Crippen LogP contribution in [0.4, 0.5) is 0 Å². The summed E-state index contributed by atoms with van der Waals surface area (Å²) in [5.41, 5.74) is 6.42. The van der Waals surface area contributed by atoms with Crippen molar-refractivity contribution in [2.45, 2.75) is 32.9 Å². The Balaban J connectivity index is 2.67. The summed E-state index contributed by atoms with van der Waals surface area (Å²) in [6, 6.07) is 0. The third kappa shape index (κ3) is 2.54. The van der Waals surface area contributed by atoms with E-state index in [-0.39, 0.29) is 6.10 Å². The maximum atomic E-state index is 5.50. The van der Waals surface area contributed by atoms with Crippen LogP contribution in [0.1, 0.15) is 37.9 Å². The zero-order valence-electron chi connectivity index (χ0n) is 8.21. The van der Waals surface area contributed by atoms with E-state index in [1.807, 2.05) is 6.92 Å². The molecule has 1 atom stereocenters. The fourth-order valence-electron chi connectivity index (χ4n) is 1.24. The molecule has 0 spiro atoms. The first kappa shape index (κ1) is 10.2. The smallest absolute Gasteiger partial charge is 0.135 e. The lowest BCUT2D eigenvalue weighted by molar-refractivity contribution is 0.0540. The fraction of sp³-hybridized carbons (Fsp3) is 0.667. The lowest BCUT2D eigenvalue weighted by Crippen LogP contribution is -2.05. The van der Waals surface area contributed by atoms with Crippen molar-refractivity contribution < 1.29 is 4.74 Å². The van der Waals surface area contributed by atoms with Gasteiger partial charge >= 0.3 is 0 Å². The molecule has 3 N–H and O–H groups in total. The topological polar surface area (TPSA) is 63.9 Å². The number of aromatic nitrogens is 2. The molecule has 13 heavy (non-hydrogen) atoms. The molecule has 4 nitrogen and oxygen atoms in total. The summed E-state index contributed by atoms with van der Waals surface area (Å²) in [6.07, 6.45) is 2.76. The van der Waals surface area contributed by atoms with E-state index < -0.39 is 0 Å². The van der Waals surface area contributed by atoms with E-state index in [4.69, 9.17) is 10.5 Å². The molecule has 74 valence electrons. The maximum Gasteiger partial charge on any atom is 0.135 e. The Morgan fingerprint density at radius 3 is 2.85 bits per heavy atom. The van der Waals surface area contributed by atoms with Crippen molar-refractivity contribution in [2.75, 3.05) is 6.61 Å². The highest BCUT2D eigenvalue weighted by Gasteiger charge is 2.11. The second kappa shape index (κ2) is 4.99. The van der Waals surface area contributed by atoms with E-state index in [1.54, 1.807) is 6.20 Å². The average Bonchev–Trinajstić information content (AvgIpc) is 2.62. The largest absolute Gasteiger partial charge is 0.371 e. The van der Waals surface area contributed by atoms with Crippen LogP contribution in [-0.2, 0) is 11.3 Å². The van der Waals surface area contributed by atoms with Gasteiger partial charge in [-0.05, 0) is 13.3 Å². The zero-order valence-corrected chi connectivity index (χ0v) is 8.21. The molecule has 0 saturated heterocycles. The molecule has 0 bridgehead atoms. The molecule has 0 saturated carbocycles. The summed E-state index contributed by atoms with van der Waals surface area (Å²) in [7, 11) is 0. The minimum absolute atomic E-state index is 0.0744. The van der Waals surface area contributed by atoms with E-state index in [1.165, 1.54) is 0 Å². The van der Waals surface area contributed by atoms with Crippen molar-refractivity contribution in [3.63, 3.8) is 0 Å². The predicted octanol–water partition coefficient (Wildman–Crippen LogP) is 1.36. The van der Waals surface area contributed by atoms with Crippen LogP contribution in [0, 0.1) is 0 Å². The number of aromatic amines is 1.